The number of hydrogen-bond donors (Lipinski definition) is 1. The molecule has 0 heterocycles. The number of hydrogen-bond acceptors (Lipinski definition) is 1. The second-order valence-corrected chi connectivity index (χ2v) is 4.10. The Morgan fingerprint density at radius 1 is 0.786 bits per heavy atom. The van der Waals surface area contributed by atoms with Crippen LogP contribution in [0.2, 0.25) is 0 Å². The van der Waals surface area contributed by atoms with Gasteiger partial charge in [-0.05, 0) is 18.8 Å². The number of aliphatic hydroxyl groups is 1. The Balaban J connectivity index is 0. The van der Waals surface area contributed by atoms with Gasteiger partial charge in [0.15, 0.2) is 0 Å². The van der Waals surface area contributed by atoms with Gasteiger partial charge >= 0.3 is 0 Å². The van der Waals surface area contributed by atoms with Gasteiger partial charge in [0, 0.05) is 23.7 Å². The SMILES string of the molecule is C.C1CCCC1.OCC1CCCC1.[Fe]. The zero-order valence-corrected chi connectivity index (χ0v) is 9.55. The molecule has 0 radical (unpaired) electrons. The van der Waals surface area contributed by atoms with E-state index in [9.17, 15) is 0 Å². The summed E-state index contributed by atoms with van der Waals surface area (Å²) < 4.78 is 0. The van der Waals surface area contributed by atoms with E-state index < -0.39 is 0 Å². The topological polar surface area (TPSA) is 20.2 Å². The van der Waals surface area contributed by atoms with Crippen LogP contribution in [0.15, 0.2) is 0 Å². The van der Waals surface area contributed by atoms with Crippen molar-refractivity contribution < 1.29 is 22.2 Å². The van der Waals surface area contributed by atoms with Gasteiger partial charge in [0.25, 0.3) is 0 Å². The molecule has 1 nitrogen and oxygen atoms in total. The molecule has 0 saturated heterocycles. The van der Waals surface area contributed by atoms with Gasteiger partial charge in [-0.1, -0.05) is 52.4 Å². The van der Waals surface area contributed by atoms with Crippen molar-refractivity contribution in [2.75, 3.05) is 6.61 Å². The molecule has 0 aliphatic heterocycles. The molecule has 0 unspecified atom stereocenters. The Morgan fingerprint density at radius 2 is 1.14 bits per heavy atom. The minimum Gasteiger partial charge on any atom is -0.396 e. The van der Waals surface area contributed by atoms with Gasteiger partial charge in [0.2, 0.25) is 0 Å². The fraction of sp³-hybridized carbons (Fsp3) is 1.00. The van der Waals surface area contributed by atoms with Crippen LogP contribution in [0.4, 0.5) is 0 Å². The van der Waals surface area contributed by atoms with E-state index in [-0.39, 0.29) is 24.5 Å². The molecule has 0 bridgehead atoms. The summed E-state index contributed by atoms with van der Waals surface area (Å²) in [6.45, 7) is 0.417. The predicted molar refractivity (Wildman–Crippen MR) is 58.9 cm³/mol. The third-order valence-electron chi connectivity index (χ3n) is 2.98. The summed E-state index contributed by atoms with van der Waals surface area (Å²) in [6, 6.07) is 0. The molecule has 88 valence electrons. The van der Waals surface area contributed by atoms with Crippen LogP contribution in [0, 0.1) is 5.92 Å². The van der Waals surface area contributed by atoms with Crippen molar-refractivity contribution in [1.82, 2.24) is 0 Å². The first-order valence-corrected chi connectivity index (χ1v) is 5.54. The summed E-state index contributed by atoms with van der Waals surface area (Å²) in [4.78, 5) is 0. The summed E-state index contributed by atoms with van der Waals surface area (Å²) >= 11 is 0. The molecule has 2 heteroatoms. The Bertz CT molecular complexity index is 88.9. The van der Waals surface area contributed by atoms with Crippen LogP contribution < -0.4 is 0 Å². The summed E-state index contributed by atoms with van der Waals surface area (Å²) in [6.07, 6.45) is 12.7. The van der Waals surface area contributed by atoms with E-state index in [4.69, 9.17) is 5.11 Å². The fourth-order valence-corrected chi connectivity index (χ4v) is 2.08. The minimum atomic E-state index is 0. The van der Waals surface area contributed by atoms with E-state index in [1.165, 1.54) is 57.8 Å². The van der Waals surface area contributed by atoms with Crippen LogP contribution in [0.1, 0.15) is 65.2 Å². The molecule has 1 N–H and O–H groups in total. The van der Waals surface area contributed by atoms with E-state index in [0.29, 0.717) is 12.5 Å². The standard InChI is InChI=1S/C6H12O.C5H10.CH4.Fe/c7-5-6-3-1-2-4-6;1-2-4-5-3-1;;/h6-7H,1-5H2;1-5H2;1H4;. The summed E-state index contributed by atoms with van der Waals surface area (Å²) in [7, 11) is 0. The molecule has 0 atom stereocenters. The van der Waals surface area contributed by atoms with Crippen LogP contribution >= 0.6 is 0 Å². The molecular formula is C12H26FeO. The molecule has 0 amide bonds. The Morgan fingerprint density at radius 3 is 1.36 bits per heavy atom. The van der Waals surface area contributed by atoms with E-state index in [0.717, 1.165) is 0 Å². The third kappa shape index (κ3) is 7.84. The molecular weight excluding hydrogens is 216 g/mol. The first-order valence-electron chi connectivity index (χ1n) is 5.54. The largest absolute Gasteiger partial charge is 0.396 e. The van der Waals surface area contributed by atoms with Crippen LogP contribution in [0.3, 0.4) is 0 Å². The predicted octanol–water partition coefficient (Wildman–Crippen LogP) is 3.75. The Labute approximate surface area is 100 Å². The summed E-state index contributed by atoms with van der Waals surface area (Å²) in [5, 5.41) is 8.57. The van der Waals surface area contributed by atoms with Crippen molar-refractivity contribution in [2.24, 2.45) is 5.92 Å². The van der Waals surface area contributed by atoms with Gasteiger partial charge in [-0.25, -0.2) is 0 Å². The van der Waals surface area contributed by atoms with Crippen molar-refractivity contribution in [3.8, 4) is 0 Å². The van der Waals surface area contributed by atoms with Crippen LogP contribution in [-0.2, 0) is 17.1 Å². The van der Waals surface area contributed by atoms with Crippen molar-refractivity contribution in [1.29, 1.82) is 0 Å². The molecule has 2 aliphatic rings. The van der Waals surface area contributed by atoms with Crippen molar-refractivity contribution >= 4 is 0 Å². The normalized spacial score (nSPS) is 20.4. The van der Waals surface area contributed by atoms with Gasteiger partial charge < -0.3 is 5.11 Å². The van der Waals surface area contributed by atoms with Crippen molar-refractivity contribution in [3.63, 3.8) is 0 Å². The van der Waals surface area contributed by atoms with Gasteiger partial charge in [0.1, 0.15) is 0 Å². The average molecular weight is 242 g/mol. The van der Waals surface area contributed by atoms with Crippen LogP contribution in [0.5, 0.6) is 0 Å². The van der Waals surface area contributed by atoms with Crippen molar-refractivity contribution in [3.05, 3.63) is 0 Å². The zero-order chi connectivity index (χ0) is 8.65. The van der Waals surface area contributed by atoms with Gasteiger partial charge in [-0.15, -0.1) is 0 Å². The molecule has 0 spiro atoms. The van der Waals surface area contributed by atoms with Gasteiger partial charge in [-0.3, -0.25) is 0 Å². The third-order valence-corrected chi connectivity index (χ3v) is 2.98. The van der Waals surface area contributed by atoms with Crippen molar-refractivity contribution in [2.45, 2.75) is 65.2 Å². The zero-order valence-electron chi connectivity index (χ0n) is 8.45. The maximum absolute atomic E-state index is 8.57. The maximum atomic E-state index is 8.57. The first kappa shape index (κ1) is 16.9. The van der Waals surface area contributed by atoms with Crippen LogP contribution in [0.25, 0.3) is 0 Å². The van der Waals surface area contributed by atoms with E-state index in [2.05, 4.69) is 0 Å². The fourth-order valence-electron chi connectivity index (χ4n) is 2.08. The molecule has 0 aromatic rings. The molecule has 2 fully saturated rings. The average Bonchev–Trinajstić information content (AvgIpc) is 2.81. The van der Waals surface area contributed by atoms with Crippen LogP contribution in [-0.4, -0.2) is 11.7 Å². The Hall–Kier alpha value is 0.479. The van der Waals surface area contributed by atoms with E-state index >= 15 is 0 Å². The molecule has 0 aromatic heterocycles. The first-order chi connectivity index (χ1) is 5.93. The maximum Gasteiger partial charge on any atom is 0.0459 e. The molecule has 0 aromatic carbocycles. The Kier molecular flexibility index (Phi) is 13.9. The number of aliphatic hydroxyl groups excluding tert-OH is 1. The monoisotopic (exact) mass is 242 g/mol. The van der Waals surface area contributed by atoms with E-state index in [1.54, 1.807) is 0 Å². The number of rotatable bonds is 1. The molecule has 2 rings (SSSR count). The quantitative estimate of drug-likeness (QED) is 0.694. The molecule has 14 heavy (non-hydrogen) atoms. The van der Waals surface area contributed by atoms with Gasteiger partial charge in [0.05, 0.1) is 0 Å². The smallest absolute Gasteiger partial charge is 0.0459 e. The molecule has 2 aliphatic carbocycles. The summed E-state index contributed by atoms with van der Waals surface area (Å²) in [5.41, 5.74) is 0. The van der Waals surface area contributed by atoms with E-state index in [1.807, 2.05) is 0 Å². The molecule has 2 saturated carbocycles. The minimum absolute atomic E-state index is 0. The second kappa shape index (κ2) is 11.6. The van der Waals surface area contributed by atoms with Gasteiger partial charge in [-0.2, -0.15) is 0 Å². The summed E-state index contributed by atoms with van der Waals surface area (Å²) in [5.74, 6) is 0.653. The second-order valence-electron chi connectivity index (χ2n) is 4.10.